The molecule has 0 spiro atoms. The van der Waals surface area contributed by atoms with Gasteiger partial charge < -0.3 is 15.0 Å². The summed E-state index contributed by atoms with van der Waals surface area (Å²) in [4.78, 5) is 38.2. The number of amides is 1. The van der Waals surface area contributed by atoms with Crippen molar-refractivity contribution >= 4 is 17.6 Å². The van der Waals surface area contributed by atoms with Crippen LogP contribution in [0.15, 0.2) is 36.9 Å². The summed E-state index contributed by atoms with van der Waals surface area (Å²) in [6.45, 7) is 3.53. The highest BCUT2D eigenvalue weighted by atomic mass is 16.6. The smallest absolute Gasteiger partial charge is 0.326 e. The van der Waals surface area contributed by atoms with Gasteiger partial charge in [-0.2, -0.15) is 0 Å². The summed E-state index contributed by atoms with van der Waals surface area (Å²) >= 11 is 0. The summed E-state index contributed by atoms with van der Waals surface area (Å²) in [6.07, 6.45) is 5.00. The van der Waals surface area contributed by atoms with Crippen molar-refractivity contribution in [3.05, 3.63) is 52.6 Å². The molecule has 2 atom stereocenters. The van der Waals surface area contributed by atoms with Crippen LogP contribution in [0, 0.1) is 16.0 Å². The standard InChI is InChI=1S/C16H18N4O5/c1-3-10(2)14(16(22)23)18-15(21)11-4-5-12(13(8-11)20(24)25)19-7-6-17-9-19/h4-10,14H,3H2,1-2H3,(H,18,21)(H,22,23). The SMILES string of the molecule is CCC(C)C(NC(=O)c1ccc(-n2ccnc2)c([N+](=O)[O-])c1)C(=O)O. The highest BCUT2D eigenvalue weighted by Crippen LogP contribution is 2.24. The third kappa shape index (κ3) is 4.00. The number of nitro groups is 1. The largest absolute Gasteiger partial charge is 0.480 e. The van der Waals surface area contributed by atoms with E-state index in [1.807, 2.05) is 6.92 Å². The van der Waals surface area contributed by atoms with Crippen molar-refractivity contribution in [3.8, 4) is 5.69 Å². The number of carboxylic acid groups (broad SMARTS) is 1. The summed E-state index contributed by atoms with van der Waals surface area (Å²) in [6, 6.07) is 2.89. The molecule has 0 saturated carbocycles. The zero-order valence-corrected chi connectivity index (χ0v) is 13.7. The van der Waals surface area contributed by atoms with Crippen molar-refractivity contribution in [2.75, 3.05) is 0 Å². The van der Waals surface area contributed by atoms with E-state index in [9.17, 15) is 24.8 Å². The van der Waals surface area contributed by atoms with Crippen LogP contribution in [0.3, 0.4) is 0 Å². The summed E-state index contributed by atoms with van der Waals surface area (Å²) in [5, 5.41) is 23.0. The fraction of sp³-hybridized carbons (Fsp3) is 0.312. The number of aromatic nitrogens is 2. The number of nitrogens with one attached hydrogen (secondary N) is 1. The van der Waals surface area contributed by atoms with Gasteiger partial charge in [-0.15, -0.1) is 0 Å². The van der Waals surface area contributed by atoms with Gasteiger partial charge in [0, 0.05) is 24.0 Å². The monoisotopic (exact) mass is 346 g/mol. The Morgan fingerprint density at radius 2 is 2.16 bits per heavy atom. The number of rotatable bonds is 7. The van der Waals surface area contributed by atoms with Gasteiger partial charge in [-0.25, -0.2) is 9.78 Å². The van der Waals surface area contributed by atoms with Crippen LogP contribution in [-0.2, 0) is 4.79 Å². The van der Waals surface area contributed by atoms with Crippen LogP contribution in [0.4, 0.5) is 5.69 Å². The molecule has 2 unspecified atom stereocenters. The van der Waals surface area contributed by atoms with Crippen LogP contribution in [-0.4, -0.2) is 37.5 Å². The van der Waals surface area contributed by atoms with Gasteiger partial charge in [-0.3, -0.25) is 14.9 Å². The molecule has 9 nitrogen and oxygen atoms in total. The highest BCUT2D eigenvalue weighted by molar-refractivity contribution is 5.97. The minimum Gasteiger partial charge on any atom is -0.480 e. The molecule has 0 aliphatic heterocycles. The first-order chi connectivity index (χ1) is 11.8. The lowest BCUT2D eigenvalue weighted by atomic mass is 9.99. The lowest BCUT2D eigenvalue weighted by Gasteiger charge is -2.20. The maximum atomic E-state index is 12.3. The molecule has 0 radical (unpaired) electrons. The van der Waals surface area contributed by atoms with E-state index in [1.165, 1.54) is 29.2 Å². The van der Waals surface area contributed by atoms with E-state index in [0.717, 1.165) is 6.07 Å². The molecule has 2 rings (SSSR count). The van der Waals surface area contributed by atoms with E-state index in [0.29, 0.717) is 6.42 Å². The molecule has 0 fully saturated rings. The van der Waals surface area contributed by atoms with Gasteiger partial charge in [-0.05, 0) is 18.1 Å². The third-order valence-electron chi connectivity index (χ3n) is 3.98. The first-order valence-corrected chi connectivity index (χ1v) is 7.65. The predicted molar refractivity (Wildman–Crippen MR) is 88.6 cm³/mol. The Balaban J connectivity index is 2.33. The van der Waals surface area contributed by atoms with Crippen molar-refractivity contribution in [3.63, 3.8) is 0 Å². The second-order valence-corrected chi connectivity index (χ2v) is 5.61. The van der Waals surface area contributed by atoms with Gasteiger partial charge in [0.15, 0.2) is 0 Å². The average Bonchev–Trinajstić information content (AvgIpc) is 3.12. The number of hydrogen-bond acceptors (Lipinski definition) is 5. The van der Waals surface area contributed by atoms with Gasteiger partial charge in [0.1, 0.15) is 11.7 Å². The van der Waals surface area contributed by atoms with Crippen molar-refractivity contribution in [1.82, 2.24) is 14.9 Å². The normalized spacial score (nSPS) is 13.0. The Morgan fingerprint density at radius 1 is 1.44 bits per heavy atom. The van der Waals surface area contributed by atoms with Crippen molar-refractivity contribution in [2.24, 2.45) is 5.92 Å². The lowest BCUT2D eigenvalue weighted by Crippen LogP contribution is -2.45. The minimum atomic E-state index is -1.15. The first kappa shape index (κ1) is 18.1. The number of nitrogens with zero attached hydrogens (tertiary/aromatic N) is 3. The number of carboxylic acids is 1. The molecule has 0 saturated heterocycles. The Bertz CT molecular complexity index is 788. The van der Waals surface area contributed by atoms with Crippen molar-refractivity contribution in [1.29, 1.82) is 0 Å². The molecule has 1 amide bonds. The molecule has 1 aromatic carbocycles. The summed E-state index contributed by atoms with van der Waals surface area (Å²) in [5.41, 5.74) is 0.00180. The van der Waals surface area contributed by atoms with Gasteiger partial charge in [-0.1, -0.05) is 20.3 Å². The van der Waals surface area contributed by atoms with Crippen molar-refractivity contribution < 1.29 is 19.6 Å². The summed E-state index contributed by atoms with van der Waals surface area (Å²) in [5.74, 6) is -2.10. The van der Waals surface area contributed by atoms with Crippen LogP contribution in [0.5, 0.6) is 0 Å². The predicted octanol–water partition coefficient (Wildman–Crippen LogP) is 2.01. The number of carbonyl (C=O) groups excluding carboxylic acids is 1. The van der Waals surface area contributed by atoms with Gasteiger partial charge in [0.25, 0.3) is 11.6 Å². The molecule has 132 valence electrons. The molecule has 1 heterocycles. The molecule has 0 bridgehead atoms. The second kappa shape index (κ2) is 7.56. The van der Waals surface area contributed by atoms with Crippen LogP contribution >= 0.6 is 0 Å². The van der Waals surface area contributed by atoms with Crippen LogP contribution in [0.2, 0.25) is 0 Å². The zero-order chi connectivity index (χ0) is 18.6. The molecule has 0 aliphatic carbocycles. The van der Waals surface area contributed by atoms with Crippen LogP contribution in [0.1, 0.15) is 30.6 Å². The number of carbonyl (C=O) groups is 2. The second-order valence-electron chi connectivity index (χ2n) is 5.61. The van der Waals surface area contributed by atoms with E-state index in [4.69, 9.17) is 0 Å². The van der Waals surface area contributed by atoms with Gasteiger partial charge in [0.2, 0.25) is 0 Å². The van der Waals surface area contributed by atoms with E-state index >= 15 is 0 Å². The Kier molecular flexibility index (Phi) is 5.48. The molecular weight excluding hydrogens is 328 g/mol. The maximum absolute atomic E-state index is 12.3. The zero-order valence-electron chi connectivity index (χ0n) is 13.7. The van der Waals surface area contributed by atoms with Crippen LogP contribution < -0.4 is 5.32 Å². The topological polar surface area (TPSA) is 127 Å². The highest BCUT2D eigenvalue weighted by Gasteiger charge is 2.27. The average molecular weight is 346 g/mol. The Labute approximate surface area is 143 Å². The molecule has 25 heavy (non-hydrogen) atoms. The van der Waals surface area contributed by atoms with E-state index in [-0.39, 0.29) is 22.9 Å². The molecule has 2 aromatic rings. The molecular formula is C16H18N4O5. The molecule has 1 aromatic heterocycles. The summed E-state index contributed by atoms with van der Waals surface area (Å²) in [7, 11) is 0. The number of hydrogen-bond donors (Lipinski definition) is 2. The number of nitro benzene ring substituents is 1. The lowest BCUT2D eigenvalue weighted by molar-refractivity contribution is -0.384. The van der Waals surface area contributed by atoms with Gasteiger partial charge >= 0.3 is 5.97 Å². The fourth-order valence-corrected chi connectivity index (χ4v) is 2.34. The van der Waals surface area contributed by atoms with Crippen molar-refractivity contribution in [2.45, 2.75) is 26.3 Å². The quantitative estimate of drug-likeness (QED) is 0.583. The minimum absolute atomic E-state index is 0.0186. The van der Waals surface area contributed by atoms with E-state index in [2.05, 4.69) is 10.3 Å². The number of aliphatic carboxylic acids is 1. The first-order valence-electron chi connectivity index (χ1n) is 7.65. The number of benzene rings is 1. The molecule has 9 heteroatoms. The fourth-order valence-electron chi connectivity index (χ4n) is 2.34. The molecule has 0 aliphatic rings. The molecule has 2 N–H and O–H groups in total. The van der Waals surface area contributed by atoms with E-state index < -0.39 is 22.8 Å². The number of imidazole rings is 1. The van der Waals surface area contributed by atoms with Gasteiger partial charge in [0.05, 0.1) is 11.3 Å². The maximum Gasteiger partial charge on any atom is 0.326 e. The Morgan fingerprint density at radius 3 is 2.68 bits per heavy atom. The summed E-state index contributed by atoms with van der Waals surface area (Å²) < 4.78 is 1.46. The Hall–Kier alpha value is -3.23. The third-order valence-corrected chi connectivity index (χ3v) is 3.98. The van der Waals surface area contributed by atoms with E-state index in [1.54, 1.807) is 13.1 Å². The van der Waals surface area contributed by atoms with Crippen LogP contribution in [0.25, 0.3) is 5.69 Å².